The van der Waals surface area contributed by atoms with Crippen LogP contribution in [-0.2, 0) is 6.42 Å². The van der Waals surface area contributed by atoms with Crippen LogP contribution in [0.2, 0.25) is 0 Å². The number of hydrogen-bond donors (Lipinski definition) is 1. The van der Waals surface area contributed by atoms with E-state index in [1.54, 1.807) is 12.1 Å². The van der Waals surface area contributed by atoms with E-state index in [1.165, 1.54) is 23.3 Å². The second-order valence-corrected chi connectivity index (χ2v) is 4.99. The normalized spacial score (nSPS) is 17.1. The molecule has 1 aliphatic rings. The summed E-state index contributed by atoms with van der Waals surface area (Å²) < 4.78 is 18.9. The van der Waals surface area contributed by atoms with E-state index in [2.05, 4.69) is 19.1 Å². The van der Waals surface area contributed by atoms with Crippen molar-refractivity contribution in [3.63, 3.8) is 0 Å². The molecule has 0 aliphatic carbocycles. The SMILES string of the molecule is Cc1cc2c(c(-c3ccc(F)cc3)c1)O[C@H](CN)C2. The monoisotopic (exact) mass is 257 g/mol. The Hall–Kier alpha value is -1.87. The van der Waals surface area contributed by atoms with Crippen LogP contribution in [0.25, 0.3) is 11.1 Å². The first-order chi connectivity index (χ1) is 9.17. The van der Waals surface area contributed by atoms with Crippen LogP contribution in [0.3, 0.4) is 0 Å². The molecule has 2 aromatic carbocycles. The largest absolute Gasteiger partial charge is 0.488 e. The van der Waals surface area contributed by atoms with Gasteiger partial charge in [0.15, 0.2) is 0 Å². The van der Waals surface area contributed by atoms with Crippen LogP contribution in [0.1, 0.15) is 11.1 Å². The Kier molecular flexibility index (Phi) is 2.99. The highest BCUT2D eigenvalue weighted by molar-refractivity contribution is 5.74. The van der Waals surface area contributed by atoms with Crippen molar-refractivity contribution >= 4 is 0 Å². The van der Waals surface area contributed by atoms with Crippen molar-refractivity contribution in [3.05, 3.63) is 53.3 Å². The topological polar surface area (TPSA) is 35.2 Å². The zero-order chi connectivity index (χ0) is 13.4. The summed E-state index contributed by atoms with van der Waals surface area (Å²) in [5.41, 5.74) is 10.0. The standard InChI is InChI=1S/C16H16FNO/c1-10-6-12-8-14(9-18)19-16(12)15(7-10)11-2-4-13(17)5-3-11/h2-7,14H,8-9,18H2,1H3/t14-/m0/s1. The summed E-state index contributed by atoms with van der Waals surface area (Å²) in [6.45, 7) is 2.57. The summed E-state index contributed by atoms with van der Waals surface area (Å²) in [4.78, 5) is 0. The number of halogens is 1. The number of fused-ring (bicyclic) bond motifs is 1. The number of nitrogens with two attached hydrogens (primary N) is 1. The Morgan fingerprint density at radius 2 is 2.00 bits per heavy atom. The second-order valence-electron chi connectivity index (χ2n) is 4.99. The van der Waals surface area contributed by atoms with Gasteiger partial charge in [-0.05, 0) is 41.8 Å². The molecule has 2 nitrogen and oxygen atoms in total. The first-order valence-corrected chi connectivity index (χ1v) is 6.43. The van der Waals surface area contributed by atoms with Gasteiger partial charge in [-0.3, -0.25) is 0 Å². The molecule has 0 fully saturated rings. The molecule has 0 saturated heterocycles. The summed E-state index contributed by atoms with van der Waals surface area (Å²) in [6, 6.07) is 10.7. The minimum Gasteiger partial charge on any atom is -0.488 e. The molecule has 0 spiro atoms. The van der Waals surface area contributed by atoms with Gasteiger partial charge in [0.05, 0.1) is 0 Å². The van der Waals surface area contributed by atoms with Crippen molar-refractivity contribution in [2.24, 2.45) is 5.73 Å². The van der Waals surface area contributed by atoms with Crippen LogP contribution < -0.4 is 10.5 Å². The van der Waals surface area contributed by atoms with Gasteiger partial charge in [-0.1, -0.05) is 18.2 Å². The first-order valence-electron chi connectivity index (χ1n) is 6.43. The van der Waals surface area contributed by atoms with E-state index < -0.39 is 0 Å². The lowest BCUT2D eigenvalue weighted by atomic mass is 9.98. The zero-order valence-electron chi connectivity index (χ0n) is 10.8. The van der Waals surface area contributed by atoms with Crippen molar-refractivity contribution in [2.45, 2.75) is 19.4 Å². The number of ether oxygens (including phenoxy) is 1. The lowest BCUT2D eigenvalue weighted by Crippen LogP contribution is -2.24. The highest BCUT2D eigenvalue weighted by Gasteiger charge is 2.25. The first kappa shape index (κ1) is 12.2. The Balaban J connectivity index is 2.10. The molecular formula is C16H16FNO. The van der Waals surface area contributed by atoms with Gasteiger partial charge in [-0.15, -0.1) is 0 Å². The van der Waals surface area contributed by atoms with Crippen molar-refractivity contribution in [3.8, 4) is 16.9 Å². The van der Waals surface area contributed by atoms with E-state index in [1.807, 2.05) is 0 Å². The maximum atomic E-state index is 13.0. The molecule has 0 aromatic heterocycles. The van der Waals surface area contributed by atoms with E-state index >= 15 is 0 Å². The Morgan fingerprint density at radius 3 is 2.68 bits per heavy atom. The lowest BCUT2D eigenvalue weighted by molar-refractivity contribution is 0.242. The van der Waals surface area contributed by atoms with Crippen LogP contribution in [0.4, 0.5) is 4.39 Å². The third kappa shape index (κ3) is 2.22. The highest BCUT2D eigenvalue weighted by atomic mass is 19.1. The Morgan fingerprint density at radius 1 is 1.26 bits per heavy atom. The lowest BCUT2D eigenvalue weighted by Gasteiger charge is -2.11. The molecule has 2 N–H and O–H groups in total. The van der Waals surface area contributed by atoms with Gasteiger partial charge in [-0.2, -0.15) is 0 Å². The van der Waals surface area contributed by atoms with Gasteiger partial charge < -0.3 is 10.5 Å². The fourth-order valence-corrected chi connectivity index (χ4v) is 2.57. The van der Waals surface area contributed by atoms with E-state index in [-0.39, 0.29) is 11.9 Å². The van der Waals surface area contributed by atoms with Crippen LogP contribution in [0, 0.1) is 12.7 Å². The van der Waals surface area contributed by atoms with Gasteiger partial charge >= 0.3 is 0 Å². The maximum Gasteiger partial charge on any atom is 0.130 e. The predicted molar refractivity (Wildman–Crippen MR) is 73.7 cm³/mol. The molecule has 3 rings (SSSR count). The summed E-state index contributed by atoms with van der Waals surface area (Å²) in [5, 5.41) is 0. The summed E-state index contributed by atoms with van der Waals surface area (Å²) >= 11 is 0. The van der Waals surface area contributed by atoms with E-state index in [0.717, 1.165) is 23.3 Å². The molecule has 98 valence electrons. The molecule has 19 heavy (non-hydrogen) atoms. The molecule has 3 heteroatoms. The Labute approximate surface area is 112 Å². The Bertz CT molecular complexity index is 607. The van der Waals surface area contributed by atoms with E-state index in [9.17, 15) is 4.39 Å². The van der Waals surface area contributed by atoms with Gasteiger partial charge in [0.1, 0.15) is 17.7 Å². The number of rotatable bonds is 2. The summed E-state index contributed by atoms with van der Waals surface area (Å²) in [6.07, 6.45) is 0.901. The van der Waals surface area contributed by atoms with E-state index in [0.29, 0.717) is 6.54 Å². The maximum absolute atomic E-state index is 13.0. The predicted octanol–water partition coefficient (Wildman–Crippen LogP) is 3.06. The molecule has 0 saturated carbocycles. The molecule has 1 atom stereocenters. The van der Waals surface area contributed by atoms with Crippen molar-refractivity contribution in [1.82, 2.24) is 0 Å². The molecule has 0 radical (unpaired) electrons. The van der Waals surface area contributed by atoms with Gasteiger partial charge in [-0.25, -0.2) is 4.39 Å². The fourth-order valence-electron chi connectivity index (χ4n) is 2.57. The molecule has 2 aromatic rings. The summed E-state index contributed by atoms with van der Waals surface area (Å²) in [7, 11) is 0. The second kappa shape index (κ2) is 4.67. The minimum atomic E-state index is -0.228. The highest BCUT2D eigenvalue weighted by Crippen LogP contribution is 2.39. The van der Waals surface area contributed by atoms with Crippen LogP contribution in [0.5, 0.6) is 5.75 Å². The summed E-state index contributed by atoms with van der Waals surface area (Å²) in [5.74, 6) is 0.668. The van der Waals surface area contributed by atoms with Gasteiger partial charge in [0, 0.05) is 18.5 Å². The fraction of sp³-hybridized carbons (Fsp3) is 0.250. The van der Waals surface area contributed by atoms with Crippen LogP contribution in [0.15, 0.2) is 36.4 Å². The van der Waals surface area contributed by atoms with E-state index in [4.69, 9.17) is 10.5 Å². The average molecular weight is 257 g/mol. The van der Waals surface area contributed by atoms with Crippen LogP contribution in [-0.4, -0.2) is 12.6 Å². The molecule has 1 heterocycles. The van der Waals surface area contributed by atoms with Crippen molar-refractivity contribution in [2.75, 3.05) is 6.54 Å². The molecular weight excluding hydrogens is 241 g/mol. The minimum absolute atomic E-state index is 0.0519. The number of benzene rings is 2. The van der Waals surface area contributed by atoms with Gasteiger partial charge in [0.2, 0.25) is 0 Å². The van der Waals surface area contributed by atoms with Crippen LogP contribution >= 0.6 is 0 Å². The van der Waals surface area contributed by atoms with Gasteiger partial charge in [0.25, 0.3) is 0 Å². The third-order valence-corrected chi connectivity index (χ3v) is 3.46. The van der Waals surface area contributed by atoms with Crippen molar-refractivity contribution in [1.29, 1.82) is 0 Å². The molecule has 1 aliphatic heterocycles. The molecule has 0 unspecified atom stereocenters. The molecule has 0 bridgehead atoms. The number of hydrogen-bond acceptors (Lipinski definition) is 2. The number of aryl methyl sites for hydroxylation is 1. The zero-order valence-corrected chi connectivity index (χ0v) is 10.8. The smallest absolute Gasteiger partial charge is 0.130 e. The molecule has 0 amide bonds. The third-order valence-electron chi connectivity index (χ3n) is 3.46. The quantitative estimate of drug-likeness (QED) is 0.897. The van der Waals surface area contributed by atoms with Crippen molar-refractivity contribution < 1.29 is 9.13 Å². The average Bonchev–Trinajstić information content (AvgIpc) is 2.81.